The summed E-state index contributed by atoms with van der Waals surface area (Å²) in [5.74, 6) is 4.58. The van der Waals surface area contributed by atoms with Crippen molar-refractivity contribution in [2.75, 3.05) is 17.1 Å². The number of hydrogen-bond acceptors (Lipinski definition) is 3. The third kappa shape index (κ3) is 6.61. The van der Waals surface area contributed by atoms with Crippen LogP contribution in [0.4, 0.5) is 10.1 Å². The van der Waals surface area contributed by atoms with Crippen LogP contribution in [0, 0.1) is 23.1 Å². The zero-order valence-electron chi connectivity index (χ0n) is 12.4. The molecule has 0 unspecified atom stereocenters. The van der Waals surface area contributed by atoms with Gasteiger partial charge >= 0.3 is 0 Å². The van der Waals surface area contributed by atoms with E-state index in [-0.39, 0.29) is 18.0 Å². The minimum absolute atomic E-state index is 0.0554. The molecule has 21 heavy (non-hydrogen) atoms. The van der Waals surface area contributed by atoms with Crippen molar-refractivity contribution < 1.29 is 17.9 Å². The van der Waals surface area contributed by atoms with Gasteiger partial charge < -0.3 is 5.11 Å². The molecule has 1 rings (SSSR count). The van der Waals surface area contributed by atoms with Crippen LogP contribution in [0.15, 0.2) is 18.2 Å². The molecule has 1 aromatic carbocycles. The van der Waals surface area contributed by atoms with E-state index in [4.69, 9.17) is 5.11 Å². The van der Waals surface area contributed by atoms with Crippen LogP contribution in [0.2, 0.25) is 0 Å². The van der Waals surface area contributed by atoms with Gasteiger partial charge in [0.25, 0.3) is 0 Å². The minimum atomic E-state index is -3.61. The Labute approximate surface area is 125 Å². The molecule has 0 radical (unpaired) electrons. The fourth-order valence-electron chi connectivity index (χ4n) is 1.67. The van der Waals surface area contributed by atoms with Crippen molar-refractivity contribution >= 4 is 15.7 Å². The summed E-state index contributed by atoms with van der Waals surface area (Å²) in [7, 11) is -3.61. The highest BCUT2D eigenvalue weighted by atomic mass is 32.2. The van der Waals surface area contributed by atoms with E-state index in [0.717, 1.165) is 0 Å². The number of halogens is 1. The van der Waals surface area contributed by atoms with Gasteiger partial charge in [-0.1, -0.05) is 32.6 Å². The largest absolute Gasteiger partial charge is 0.395 e. The molecule has 116 valence electrons. The summed E-state index contributed by atoms with van der Waals surface area (Å²) in [5, 5.41) is 8.61. The normalized spacial score (nSPS) is 11.7. The number of aliphatic hydroxyl groups excluding tert-OH is 1. The lowest BCUT2D eigenvalue weighted by Crippen LogP contribution is -2.26. The second kappa shape index (κ2) is 6.92. The zero-order chi connectivity index (χ0) is 16.1. The van der Waals surface area contributed by atoms with Crippen molar-refractivity contribution in [1.29, 1.82) is 0 Å². The van der Waals surface area contributed by atoms with Crippen molar-refractivity contribution in [3.63, 3.8) is 0 Å². The lowest BCUT2D eigenvalue weighted by Gasteiger charge is -2.19. The molecule has 0 aliphatic heterocycles. The van der Waals surface area contributed by atoms with E-state index < -0.39 is 21.3 Å². The lowest BCUT2D eigenvalue weighted by molar-refractivity contribution is 0.305. The van der Waals surface area contributed by atoms with Crippen LogP contribution in [0.25, 0.3) is 0 Å². The quantitative estimate of drug-likeness (QED) is 0.839. The van der Waals surface area contributed by atoms with Gasteiger partial charge in [-0.25, -0.2) is 12.8 Å². The number of sulfonamides is 1. The summed E-state index contributed by atoms with van der Waals surface area (Å²) in [6, 6.07) is 4.04. The topological polar surface area (TPSA) is 66.4 Å². The summed E-state index contributed by atoms with van der Waals surface area (Å²) < 4.78 is 40.0. The van der Waals surface area contributed by atoms with Gasteiger partial charge in [0.15, 0.2) is 0 Å². The van der Waals surface area contributed by atoms with Crippen molar-refractivity contribution in [3.8, 4) is 11.8 Å². The SMILES string of the molecule is CC(C)(C)CS(=O)(=O)Nc1ccc(C#CCCO)cc1F. The molecule has 0 saturated heterocycles. The van der Waals surface area contributed by atoms with Gasteiger partial charge in [-0.15, -0.1) is 0 Å². The van der Waals surface area contributed by atoms with Crippen LogP contribution in [0.1, 0.15) is 32.8 Å². The molecule has 0 amide bonds. The van der Waals surface area contributed by atoms with Crippen LogP contribution in [-0.4, -0.2) is 25.9 Å². The highest BCUT2D eigenvalue weighted by Crippen LogP contribution is 2.21. The standard InChI is InChI=1S/C15H20FNO3S/c1-15(2,3)11-21(19,20)17-14-8-7-12(10-13(14)16)6-4-5-9-18/h7-8,10,17-18H,5,9,11H2,1-3H3. The molecular formula is C15H20FNO3S. The molecule has 0 atom stereocenters. The molecule has 0 heterocycles. The van der Waals surface area contributed by atoms with Crippen molar-refractivity contribution in [3.05, 3.63) is 29.6 Å². The van der Waals surface area contributed by atoms with Crippen LogP contribution >= 0.6 is 0 Å². The molecule has 0 aromatic heterocycles. The Balaban J connectivity index is 2.90. The predicted octanol–water partition coefficient (Wildman–Crippen LogP) is 2.35. The van der Waals surface area contributed by atoms with E-state index in [1.54, 1.807) is 20.8 Å². The molecule has 1 aromatic rings. The fourth-order valence-corrected chi connectivity index (χ4v) is 3.38. The third-order valence-corrected chi connectivity index (χ3v) is 4.10. The minimum Gasteiger partial charge on any atom is -0.395 e. The van der Waals surface area contributed by atoms with Gasteiger partial charge in [0.05, 0.1) is 18.0 Å². The first-order chi connectivity index (χ1) is 9.63. The Morgan fingerprint density at radius 2 is 2.00 bits per heavy atom. The van der Waals surface area contributed by atoms with Gasteiger partial charge in [0, 0.05) is 12.0 Å². The summed E-state index contributed by atoms with van der Waals surface area (Å²) in [4.78, 5) is 0. The molecule has 0 aliphatic rings. The number of anilines is 1. The average molecular weight is 313 g/mol. The van der Waals surface area contributed by atoms with Crippen molar-refractivity contribution in [2.45, 2.75) is 27.2 Å². The monoisotopic (exact) mass is 313 g/mol. The smallest absolute Gasteiger partial charge is 0.233 e. The Bertz CT molecular complexity index is 652. The third-order valence-electron chi connectivity index (χ3n) is 2.33. The molecule has 2 N–H and O–H groups in total. The molecular weight excluding hydrogens is 293 g/mol. The average Bonchev–Trinajstić information content (AvgIpc) is 2.29. The van der Waals surface area contributed by atoms with E-state index in [0.29, 0.717) is 12.0 Å². The first-order valence-electron chi connectivity index (χ1n) is 6.53. The van der Waals surface area contributed by atoms with E-state index >= 15 is 0 Å². The van der Waals surface area contributed by atoms with E-state index in [2.05, 4.69) is 16.6 Å². The van der Waals surface area contributed by atoms with Crippen LogP contribution < -0.4 is 4.72 Å². The Hall–Kier alpha value is -1.58. The van der Waals surface area contributed by atoms with E-state index in [9.17, 15) is 12.8 Å². The maximum atomic E-state index is 13.9. The molecule has 6 heteroatoms. The van der Waals surface area contributed by atoms with Crippen LogP contribution in [-0.2, 0) is 10.0 Å². The maximum Gasteiger partial charge on any atom is 0.233 e. The summed E-state index contributed by atoms with van der Waals surface area (Å²) >= 11 is 0. The lowest BCUT2D eigenvalue weighted by atomic mass is 10.0. The van der Waals surface area contributed by atoms with Gasteiger partial charge in [0.2, 0.25) is 10.0 Å². The Morgan fingerprint density at radius 3 is 2.52 bits per heavy atom. The number of aliphatic hydroxyl groups is 1. The molecule has 0 saturated carbocycles. The summed E-state index contributed by atoms with van der Waals surface area (Å²) in [6.45, 7) is 5.33. The van der Waals surface area contributed by atoms with Gasteiger partial charge in [-0.05, 0) is 23.6 Å². The second-order valence-electron chi connectivity index (χ2n) is 5.89. The van der Waals surface area contributed by atoms with Crippen molar-refractivity contribution in [1.82, 2.24) is 0 Å². The maximum absolute atomic E-state index is 13.9. The van der Waals surface area contributed by atoms with Crippen molar-refractivity contribution in [2.24, 2.45) is 5.41 Å². The summed E-state index contributed by atoms with van der Waals surface area (Å²) in [5.41, 5.74) is -0.0791. The number of benzene rings is 1. The van der Waals surface area contributed by atoms with Gasteiger partial charge in [-0.3, -0.25) is 4.72 Å². The highest BCUT2D eigenvalue weighted by molar-refractivity contribution is 7.92. The van der Waals surface area contributed by atoms with Crippen LogP contribution in [0.3, 0.4) is 0 Å². The highest BCUT2D eigenvalue weighted by Gasteiger charge is 2.22. The zero-order valence-corrected chi connectivity index (χ0v) is 13.2. The Morgan fingerprint density at radius 1 is 1.33 bits per heavy atom. The molecule has 0 fully saturated rings. The second-order valence-corrected chi connectivity index (χ2v) is 7.61. The molecule has 4 nitrogen and oxygen atoms in total. The van der Waals surface area contributed by atoms with Gasteiger partial charge in [0.1, 0.15) is 5.82 Å². The van der Waals surface area contributed by atoms with Crippen LogP contribution in [0.5, 0.6) is 0 Å². The molecule has 0 aliphatic carbocycles. The fraction of sp³-hybridized carbons (Fsp3) is 0.467. The molecule has 0 bridgehead atoms. The summed E-state index contributed by atoms with van der Waals surface area (Å²) in [6.07, 6.45) is 0.307. The van der Waals surface area contributed by atoms with E-state index in [1.807, 2.05) is 0 Å². The molecule has 0 spiro atoms. The predicted molar refractivity (Wildman–Crippen MR) is 81.8 cm³/mol. The Kier molecular flexibility index (Phi) is 5.76. The first-order valence-corrected chi connectivity index (χ1v) is 8.18. The van der Waals surface area contributed by atoms with Gasteiger partial charge in [-0.2, -0.15) is 0 Å². The number of rotatable bonds is 4. The number of hydrogen-bond donors (Lipinski definition) is 2. The first kappa shape index (κ1) is 17.5. The number of nitrogens with one attached hydrogen (secondary N) is 1. The van der Waals surface area contributed by atoms with E-state index in [1.165, 1.54) is 18.2 Å².